The quantitative estimate of drug-likeness (QED) is 0.173. The van der Waals surface area contributed by atoms with Gasteiger partial charge in [0.05, 0.1) is 5.69 Å². The van der Waals surface area contributed by atoms with E-state index >= 15 is 0 Å². The predicted octanol–water partition coefficient (Wildman–Crippen LogP) is 12.2. The number of aromatic nitrogens is 3. The molecule has 242 valence electrons. The Labute approximate surface area is 296 Å². The maximum absolute atomic E-state index is 4.97. The lowest BCUT2D eigenvalue weighted by molar-refractivity contribution is 0.660. The summed E-state index contributed by atoms with van der Waals surface area (Å²) in [4.78, 5) is 4.11. The molecule has 0 fully saturated rings. The minimum atomic E-state index is -0.0342. The molecule has 0 radical (unpaired) electrons. The van der Waals surface area contributed by atoms with Gasteiger partial charge in [0, 0.05) is 27.9 Å². The fourth-order valence-electron chi connectivity index (χ4n) is 8.08. The van der Waals surface area contributed by atoms with Gasteiger partial charge in [-0.15, -0.1) is 10.2 Å². The summed E-state index contributed by atoms with van der Waals surface area (Å²) in [6.45, 7) is 4.66. The maximum atomic E-state index is 4.97. The number of anilines is 3. The third-order valence-electron chi connectivity index (χ3n) is 10.6. The van der Waals surface area contributed by atoms with Crippen LogP contribution in [0.15, 0.2) is 170 Å². The van der Waals surface area contributed by atoms with Crippen molar-refractivity contribution in [1.82, 2.24) is 15.0 Å². The Balaban J connectivity index is 1.08. The lowest BCUT2D eigenvalue weighted by Gasteiger charge is -2.27. The Morgan fingerprint density at radius 3 is 2.04 bits per heavy atom. The third-order valence-corrected chi connectivity index (χ3v) is 10.6. The van der Waals surface area contributed by atoms with Crippen molar-refractivity contribution in [1.29, 1.82) is 0 Å². The Morgan fingerprint density at radius 1 is 0.490 bits per heavy atom. The molecule has 4 nitrogen and oxygen atoms in total. The second-order valence-corrected chi connectivity index (χ2v) is 14.0. The summed E-state index contributed by atoms with van der Waals surface area (Å²) in [6.07, 6.45) is 0. The van der Waals surface area contributed by atoms with Crippen molar-refractivity contribution in [3.8, 4) is 27.9 Å². The van der Waals surface area contributed by atoms with Crippen LogP contribution in [-0.2, 0) is 5.41 Å². The lowest BCUT2D eigenvalue weighted by Crippen LogP contribution is -2.15. The minimum absolute atomic E-state index is 0.0342. The molecular weight excluding hydrogens is 621 g/mol. The van der Waals surface area contributed by atoms with Crippen LogP contribution in [0, 0.1) is 0 Å². The van der Waals surface area contributed by atoms with Crippen LogP contribution in [0.2, 0.25) is 0 Å². The van der Waals surface area contributed by atoms with Gasteiger partial charge in [0.2, 0.25) is 0 Å². The monoisotopic (exact) mass is 654 g/mol. The largest absolute Gasteiger partial charge is 0.310 e. The van der Waals surface area contributed by atoms with E-state index < -0.39 is 0 Å². The highest BCUT2D eigenvalue weighted by atomic mass is 15.5. The van der Waals surface area contributed by atoms with E-state index in [0.717, 1.165) is 50.1 Å². The average Bonchev–Trinajstić information content (AvgIpc) is 3.72. The summed E-state index contributed by atoms with van der Waals surface area (Å²) >= 11 is 0. The van der Waals surface area contributed by atoms with E-state index in [-0.39, 0.29) is 5.41 Å². The van der Waals surface area contributed by atoms with E-state index in [4.69, 9.17) is 10.2 Å². The van der Waals surface area contributed by atoms with Gasteiger partial charge in [-0.25, -0.2) is 0 Å². The molecular formula is C47H34N4. The standard InChI is InChI=1S/C47H34N4/c1-47(2)42-19-10-9-18-40(42)41-30-38(24-26-43(41)47)50(35-13-5-3-6-14-35)37-17-11-12-32(29-37)33-22-25-39-34(28-33)21-20-31-23-27-44-46(45(31)39)49-51(48-44)36-15-7-4-8-16-36/h3-30H,1-2H3. The van der Waals surface area contributed by atoms with Crippen LogP contribution in [0.3, 0.4) is 0 Å². The van der Waals surface area contributed by atoms with Crippen molar-refractivity contribution in [3.63, 3.8) is 0 Å². The van der Waals surface area contributed by atoms with Crippen LogP contribution in [0.25, 0.3) is 60.5 Å². The first-order chi connectivity index (χ1) is 25.0. The molecule has 0 spiro atoms. The maximum Gasteiger partial charge on any atom is 0.122 e. The highest BCUT2D eigenvalue weighted by molar-refractivity contribution is 6.18. The molecule has 0 amide bonds. The van der Waals surface area contributed by atoms with Crippen molar-refractivity contribution in [2.75, 3.05) is 4.90 Å². The number of hydrogen-bond acceptors (Lipinski definition) is 3. The number of nitrogens with zero attached hydrogens (tertiary/aromatic N) is 4. The molecule has 0 N–H and O–H groups in total. The van der Waals surface area contributed by atoms with Gasteiger partial charge in [-0.05, 0) is 110 Å². The zero-order valence-electron chi connectivity index (χ0n) is 28.5. The van der Waals surface area contributed by atoms with E-state index in [0.29, 0.717) is 0 Å². The van der Waals surface area contributed by atoms with Gasteiger partial charge in [0.25, 0.3) is 0 Å². The van der Waals surface area contributed by atoms with Gasteiger partial charge in [-0.1, -0.05) is 123 Å². The Bertz CT molecular complexity index is 2780. The Kier molecular flexibility index (Phi) is 6.49. The van der Waals surface area contributed by atoms with Gasteiger partial charge < -0.3 is 4.90 Å². The van der Waals surface area contributed by atoms with E-state index in [9.17, 15) is 0 Å². The zero-order chi connectivity index (χ0) is 34.1. The third kappa shape index (κ3) is 4.68. The van der Waals surface area contributed by atoms with Gasteiger partial charge in [0.1, 0.15) is 11.0 Å². The molecule has 1 heterocycles. The molecule has 0 atom stereocenters. The van der Waals surface area contributed by atoms with Gasteiger partial charge in [-0.2, -0.15) is 4.80 Å². The molecule has 0 unspecified atom stereocenters. The highest BCUT2D eigenvalue weighted by Crippen LogP contribution is 2.50. The van der Waals surface area contributed by atoms with E-state index in [1.165, 1.54) is 38.6 Å². The fraction of sp³-hybridized carbons (Fsp3) is 0.0638. The summed E-state index contributed by atoms with van der Waals surface area (Å²) in [5.41, 5.74) is 13.8. The van der Waals surface area contributed by atoms with Crippen molar-refractivity contribution in [2.45, 2.75) is 19.3 Å². The Hall–Kier alpha value is -6.52. The summed E-state index contributed by atoms with van der Waals surface area (Å²) in [7, 11) is 0. The number of rotatable bonds is 5. The molecule has 0 aliphatic heterocycles. The molecule has 10 rings (SSSR count). The molecule has 1 aliphatic carbocycles. The van der Waals surface area contributed by atoms with Crippen LogP contribution in [-0.4, -0.2) is 15.0 Å². The first-order valence-corrected chi connectivity index (χ1v) is 17.5. The topological polar surface area (TPSA) is 34.0 Å². The summed E-state index contributed by atoms with van der Waals surface area (Å²) in [5, 5.41) is 14.4. The highest BCUT2D eigenvalue weighted by Gasteiger charge is 2.35. The molecule has 0 bridgehead atoms. The second-order valence-electron chi connectivity index (χ2n) is 14.0. The summed E-state index contributed by atoms with van der Waals surface area (Å²) in [6, 6.07) is 60.9. The zero-order valence-corrected chi connectivity index (χ0v) is 28.5. The number of fused-ring (bicyclic) bond motifs is 8. The van der Waals surface area contributed by atoms with Crippen molar-refractivity contribution in [3.05, 3.63) is 181 Å². The predicted molar refractivity (Wildman–Crippen MR) is 212 cm³/mol. The first kappa shape index (κ1) is 29.4. The smallest absolute Gasteiger partial charge is 0.122 e. The van der Waals surface area contributed by atoms with E-state index in [1.807, 2.05) is 30.3 Å². The number of hydrogen-bond donors (Lipinski definition) is 0. The molecule has 4 heteroatoms. The summed E-state index contributed by atoms with van der Waals surface area (Å²) in [5.74, 6) is 0. The molecule has 1 aliphatic rings. The summed E-state index contributed by atoms with van der Waals surface area (Å²) < 4.78 is 0. The van der Waals surface area contributed by atoms with Crippen LogP contribution in [0.1, 0.15) is 25.0 Å². The van der Waals surface area contributed by atoms with Gasteiger partial charge >= 0.3 is 0 Å². The SMILES string of the molecule is CC1(C)c2ccccc2-c2cc(N(c3ccccc3)c3cccc(-c4ccc5c(ccc6ccc7nn(-c8ccccc8)nc7c65)c4)c3)ccc21. The van der Waals surface area contributed by atoms with Crippen molar-refractivity contribution < 1.29 is 0 Å². The van der Waals surface area contributed by atoms with Crippen LogP contribution in [0.4, 0.5) is 17.1 Å². The fourth-order valence-corrected chi connectivity index (χ4v) is 8.08. The second kappa shape index (κ2) is 11.3. The van der Waals surface area contributed by atoms with E-state index in [1.54, 1.807) is 4.80 Å². The van der Waals surface area contributed by atoms with Crippen molar-refractivity contribution in [2.24, 2.45) is 0 Å². The van der Waals surface area contributed by atoms with Crippen LogP contribution < -0.4 is 4.90 Å². The first-order valence-electron chi connectivity index (χ1n) is 17.5. The molecule has 0 saturated heterocycles. The Morgan fingerprint density at radius 2 is 1.18 bits per heavy atom. The molecule has 1 aromatic heterocycles. The molecule has 0 saturated carbocycles. The van der Waals surface area contributed by atoms with E-state index in [2.05, 4.69) is 158 Å². The number of para-hydroxylation sites is 2. The van der Waals surface area contributed by atoms with Crippen LogP contribution >= 0.6 is 0 Å². The molecule has 8 aromatic carbocycles. The van der Waals surface area contributed by atoms with Crippen LogP contribution in [0.5, 0.6) is 0 Å². The number of benzene rings is 8. The molecule has 9 aromatic rings. The average molecular weight is 655 g/mol. The van der Waals surface area contributed by atoms with Gasteiger partial charge in [-0.3, -0.25) is 0 Å². The molecule has 51 heavy (non-hydrogen) atoms. The van der Waals surface area contributed by atoms with Crippen molar-refractivity contribution >= 4 is 49.6 Å². The normalized spacial score (nSPS) is 13.1. The minimum Gasteiger partial charge on any atom is -0.310 e. The van der Waals surface area contributed by atoms with Gasteiger partial charge in [0.15, 0.2) is 0 Å². The lowest BCUT2D eigenvalue weighted by atomic mass is 9.82.